The van der Waals surface area contributed by atoms with Crippen LogP contribution in [0.4, 0.5) is 11.4 Å². The van der Waals surface area contributed by atoms with Crippen molar-refractivity contribution in [2.24, 2.45) is 4.99 Å². The third kappa shape index (κ3) is 6.93. The van der Waals surface area contributed by atoms with Crippen molar-refractivity contribution in [1.82, 2.24) is 5.32 Å². The van der Waals surface area contributed by atoms with Crippen LogP contribution in [0.25, 0.3) is 6.08 Å². The molecule has 0 aliphatic carbocycles. The number of nitrogens with zero attached hydrogens (tertiary/aromatic N) is 2. The summed E-state index contributed by atoms with van der Waals surface area (Å²) in [5, 5.41) is 14.1. The molecule has 4 rings (SSSR count). The van der Waals surface area contributed by atoms with E-state index in [1.54, 1.807) is 30.3 Å². The monoisotopic (exact) mass is 597 g/mol. The molecular formula is C27H24BrN3O6S. The van der Waals surface area contributed by atoms with Crippen molar-refractivity contribution in [2.75, 3.05) is 13.2 Å². The topological polar surface area (TPSA) is 112 Å². The average Bonchev–Trinajstić information content (AvgIpc) is 3.24. The van der Waals surface area contributed by atoms with Crippen LogP contribution in [-0.2, 0) is 11.4 Å². The Labute approximate surface area is 232 Å². The normalized spacial score (nSPS) is 15.0. The van der Waals surface area contributed by atoms with E-state index in [9.17, 15) is 14.9 Å². The number of nitro groups is 1. The number of amidine groups is 1. The van der Waals surface area contributed by atoms with Gasteiger partial charge in [-0.3, -0.25) is 14.9 Å². The van der Waals surface area contributed by atoms with Crippen LogP contribution in [0, 0.1) is 10.1 Å². The number of halogens is 1. The molecular weight excluding hydrogens is 574 g/mol. The Morgan fingerprint density at radius 2 is 1.68 bits per heavy atom. The number of rotatable bonds is 10. The van der Waals surface area contributed by atoms with Crippen molar-refractivity contribution < 1.29 is 23.9 Å². The molecule has 1 amide bonds. The highest BCUT2D eigenvalue weighted by Gasteiger charge is 2.24. The SMILES string of the molecule is CCOc1ccc(N=C2NC(=O)/C(=C\c3cc(OCC)c(OCc4ccc([N+](=O)[O-])cc4)cc3Br)S2)cc1. The van der Waals surface area contributed by atoms with Gasteiger partial charge in [-0.15, -0.1) is 0 Å². The molecule has 11 heteroatoms. The first-order valence-electron chi connectivity index (χ1n) is 11.7. The molecule has 1 fully saturated rings. The summed E-state index contributed by atoms with van der Waals surface area (Å²) in [5.74, 6) is 1.52. The van der Waals surface area contributed by atoms with Gasteiger partial charge in [-0.25, -0.2) is 4.99 Å². The van der Waals surface area contributed by atoms with Gasteiger partial charge in [0.25, 0.3) is 11.6 Å². The quantitative estimate of drug-likeness (QED) is 0.159. The van der Waals surface area contributed by atoms with Crippen LogP contribution in [0.15, 0.2) is 75.0 Å². The maximum atomic E-state index is 12.6. The lowest BCUT2D eigenvalue weighted by Gasteiger charge is -2.14. The molecule has 0 bridgehead atoms. The summed E-state index contributed by atoms with van der Waals surface area (Å²) in [7, 11) is 0. The van der Waals surface area contributed by atoms with Gasteiger partial charge in [0.2, 0.25) is 0 Å². The minimum absolute atomic E-state index is 0.0189. The van der Waals surface area contributed by atoms with Crippen LogP contribution in [0.3, 0.4) is 0 Å². The minimum atomic E-state index is -0.444. The van der Waals surface area contributed by atoms with Crippen molar-refractivity contribution in [2.45, 2.75) is 20.5 Å². The van der Waals surface area contributed by atoms with Crippen LogP contribution in [-0.4, -0.2) is 29.2 Å². The molecule has 9 nitrogen and oxygen atoms in total. The summed E-state index contributed by atoms with van der Waals surface area (Å²) in [4.78, 5) is 28.0. The fourth-order valence-electron chi connectivity index (χ4n) is 3.44. The molecule has 1 aliphatic heterocycles. The van der Waals surface area contributed by atoms with Gasteiger partial charge in [-0.1, -0.05) is 15.9 Å². The number of amides is 1. The van der Waals surface area contributed by atoms with E-state index in [0.717, 1.165) is 16.9 Å². The average molecular weight is 598 g/mol. The van der Waals surface area contributed by atoms with Gasteiger partial charge in [-0.05, 0) is 91.3 Å². The van der Waals surface area contributed by atoms with Crippen molar-refractivity contribution in [3.8, 4) is 17.2 Å². The van der Waals surface area contributed by atoms with Crippen LogP contribution in [0.5, 0.6) is 17.2 Å². The first-order valence-corrected chi connectivity index (χ1v) is 13.3. The van der Waals surface area contributed by atoms with E-state index in [4.69, 9.17) is 14.2 Å². The molecule has 3 aromatic carbocycles. The third-order valence-electron chi connectivity index (χ3n) is 5.22. The fourth-order valence-corrected chi connectivity index (χ4v) is 4.71. The first kappa shape index (κ1) is 27.2. The number of non-ortho nitro benzene ring substituents is 1. The van der Waals surface area contributed by atoms with E-state index in [-0.39, 0.29) is 18.2 Å². The second-order valence-electron chi connectivity index (χ2n) is 7.87. The zero-order valence-corrected chi connectivity index (χ0v) is 23.0. The smallest absolute Gasteiger partial charge is 0.269 e. The summed E-state index contributed by atoms with van der Waals surface area (Å²) in [5.41, 5.74) is 2.23. The highest BCUT2D eigenvalue weighted by molar-refractivity contribution is 9.10. The summed E-state index contributed by atoms with van der Waals surface area (Å²) in [6.45, 7) is 4.99. The van der Waals surface area contributed by atoms with Crippen molar-refractivity contribution in [3.05, 3.63) is 91.3 Å². The lowest BCUT2D eigenvalue weighted by atomic mass is 10.1. The van der Waals surface area contributed by atoms with E-state index in [2.05, 4.69) is 26.2 Å². The van der Waals surface area contributed by atoms with E-state index in [1.165, 1.54) is 23.9 Å². The van der Waals surface area contributed by atoms with Gasteiger partial charge in [0.1, 0.15) is 12.4 Å². The van der Waals surface area contributed by atoms with Gasteiger partial charge >= 0.3 is 0 Å². The number of benzene rings is 3. The Hall–Kier alpha value is -3.83. The number of carbonyl (C=O) groups is 1. The summed E-state index contributed by atoms with van der Waals surface area (Å²) in [6.07, 6.45) is 1.76. The lowest BCUT2D eigenvalue weighted by Crippen LogP contribution is -2.19. The van der Waals surface area contributed by atoms with Gasteiger partial charge in [-0.2, -0.15) is 0 Å². The molecule has 0 saturated carbocycles. The molecule has 38 heavy (non-hydrogen) atoms. The van der Waals surface area contributed by atoms with Crippen molar-refractivity contribution in [1.29, 1.82) is 0 Å². The molecule has 1 N–H and O–H groups in total. The maximum Gasteiger partial charge on any atom is 0.269 e. The Kier molecular flexibility index (Phi) is 9.03. The highest BCUT2D eigenvalue weighted by Crippen LogP contribution is 2.37. The Morgan fingerprint density at radius 1 is 1.00 bits per heavy atom. The Balaban J connectivity index is 1.50. The second kappa shape index (κ2) is 12.6. The number of aliphatic imine (C=N–C) groups is 1. The van der Waals surface area contributed by atoms with E-state index >= 15 is 0 Å². The highest BCUT2D eigenvalue weighted by atomic mass is 79.9. The van der Waals surface area contributed by atoms with Gasteiger partial charge in [0.05, 0.1) is 28.7 Å². The minimum Gasteiger partial charge on any atom is -0.494 e. The molecule has 1 saturated heterocycles. The van der Waals surface area contributed by atoms with E-state index in [1.807, 2.05) is 38.1 Å². The second-order valence-corrected chi connectivity index (χ2v) is 9.76. The molecule has 0 unspecified atom stereocenters. The summed E-state index contributed by atoms with van der Waals surface area (Å²) < 4.78 is 17.9. The largest absolute Gasteiger partial charge is 0.494 e. The number of ether oxygens (including phenoxy) is 3. The summed E-state index contributed by atoms with van der Waals surface area (Å²) in [6, 6.07) is 17.0. The number of thioether (sulfide) groups is 1. The lowest BCUT2D eigenvalue weighted by molar-refractivity contribution is -0.384. The first-order chi connectivity index (χ1) is 18.4. The van der Waals surface area contributed by atoms with E-state index < -0.39 is 4.92 Å². The van der Waals surface area contributed by atoms with Gasteiger partial charge < -0.3 is 19.5 Å². The number of hydrogen-bond acceptors (Lipinski definition) is 8. The molecule has 1 heterocycles. The van der Waals surface area contributed by atoms with Crippen molar-refractivity contribution >= 4 is 56.2 Å². The number of nitrogens with one attached hydrogen (secondary N) is 1. The molecule has 0 spiro atoms. The summed E-state index contributed by atoms with van der Waals surface area (Å²) >= 11 is 4.81. The van der Waals surface area contributed by atoms with Crippen LogP contribution in [0.2, 0.25) is 0 Å². The fraction of sp³-hybridized carbons (Fsp3) is 0.185. The van der Waals surface area contributed by atoms with Gasteiger partial charge in [0, 0.05) is 16.6 Å². The predicted octanol–water partition coefficient (Wildman–Crippen LogP) is 6.63. The van der Waals surface area contributed by atoms with Crippen LogP contribution >= 0.6 is 27.7 Å². The molecule has 196 valence electrons. The zero-order chi connectivity index (χ0) is 27.1. The van der Waals surface area contributed by atoms with Crippen LogP contribution < -0.4 is 19.5 Å². The number of hydrogen-bond donors (Lipinski definition) is 1. The zero-order valence-electron chi connectivity index (χ0n) is 20.6. The predicted molar refractivity (Wildman–Crippen MR) is 151 cm³/mol. The Morgan fingerprint density at radius 3 is 2.34 bits per heavy atom. The standard InChI is InChI=1S/C27H24BrN3O6S/c1-3-35-21-11-7-19(8-12-21)29-27-30-26(32)25(38-27)14-18-13-23(36-4-2)24(15-22(18)28)37-16-17-5-9-20(10-6-17)31(33)34/h5-15H,3-4,16H2,1-2H3,(H,29,30,32)/b25-14+. The van der Waals surface area contributed by atoms with E-state index in [0.29, 0.717) is 44.9 Å². The van der Waals surface area contributed by atoms with Gasteiger partial charge in [0.15, 0.2) is 16.7 Å². The maximum absolute atomic E-state index is 12.6. The third-order valence-corrected chi connectivity index (χ3v) is 6.82. The number of nitro benzene ring substituents is 1. The molecule has 0 radical (unpaired) electrons. The van der Waals surface area contributed by atoms with Crippen molar-refractivity contribution in [3.63, 3.8) is 0 Å². The number of carbonyl (C=O) groups excluding carboxylic acids is 1. The molecule has 3 aromatic rings. The van der Waals surface area contributed by atoms with Crippen LogP contribution in [0.1, 0.15) is 25.0 Å². The Bertz CT molecular complexity index is 1390. The molecule has 1 aliphatic rings. The molecule has 0 atom stereocenters. The molecule has 0 aromatic heterocycles.